The lowest BCUT2D eigenvalue weighted by Crippen LogP contribution is -2.30. The van der Waals surface area contributed by atoms with Crippen LogP contribution in [0.15, 0.2) is 24.4 Å². The second-order valence-electron chi connectivity index (χ2n) is 6.09. The van der Waals surface area contributed by atoms with Crippen LogP contribution in [0, 0.1) is 6.92 Å². The third kappa shape index (κ3) is 2.23. The van der Waals surface area contributed by atoms with Crippen molar-refractivity contribution in [2.24, 2.45) is 0 Å². The SMILES string of the molecule is CCn1cc([C@H]2NCCc3c2[nH]c2ccc(OC)cc32)c(C)n1. The molecule has 120 valence electrons. The first-order valence-corrected chi connectivity index (χ1v) is 8.17. The van der Waals surface area contributed by atoms with Crippen molar-refractivity contribution in [3.8, 4) is 5.75 Å². The highest BCUT2D eigenvalue weighted by Gasteiger charge is 2.27. The first-order valence-electron chi connectivity index (χ1n) is 8.17. The number of nitrogens with one attached hydrogen (secondary N) is 2. The molecular weight excluding hydrogens is 288 g/mol. The van der Waals surface area contributed by atoms with Crippen molar-refractivity contribution in [3.05, 3.63) is 46.9 Å². The van der Waals surface area contributed by atoms with Crippen molar-refractivity contribution in [1.29, 1.82) is 0 Å². The molecule has 4 rings (SSSR count). The quantitative estimate of drug-likeness (QED) is 0.782. The molecule has 0 bridgehead atoms. The molecule has 23 heavy (non-hydrogen) atoms. The molecule has 0 saturated carbocycles. The number of ether oxygens (including phenoxy) is 1. The van der Waals surface area contributed by atoms with Gasteiger partial charge in [-0.15, -0.1) is 0 Å². The van der Waals surface area contributed by atoms with Crippen LogP contribution in [-0.4, -0.2) is 28.4 Å². The summed E-state index contributed by atoms with van der Waals surface area (Å²) in [7, 11) is 1.72. The van der Waals surface area contributed by atoms with Gasteiger partial charge in [0.1, 0.15) is 5.75 Å². The summed E-state index contributed by atoms with van der Waals surface area (Å²) in [5.41, 5.74) is 6.18. The van der Waals surface area contributed by atoms with Crippen LogP contribution >= 0.6 is 0 Å². The first kappa shape index (κ1) is 14.3. The van der Waals surface area contributed by atoms with E-state index in [1.807, 2.05) is 10.7 Å². The number of nitrogens with zero attached hydrogens (tertiary/aromatic N) is 2. The van der Waals surface area contributed by atoms with Gasteiger partial charge in [0, 0.05) is 41.4 Å². The topological polar surface area (TPSA) is 54.9 Å². The zero-order valence-corrected chi connectivity index (χ0v) is 13.8. The van der Waals surface area contributed by atoms with E-state index in [1.54, 1.807) is 7.11 Å². The molecule has 2 N–H and O–H groups in total. The van der Waals surface area contributed by atoms with Crippen LogP contribution in [0.5, 0.6) is 5.75 Å². The maximum atomic E-state index is 5.39. The van der Waals surface area contributed by atoms with E-state index >= 15 is 0 Å². The molecule has 0 radical (unpaired) electrons. The van der Waals surface area contributed by atoms with Gasteiger partial charge in [-0.1, -0.05) is 0 Å². The van der Waals surface area contributed by atoms with Gasteiger partial charge in [0.25, 0.3) is 0 Å². The van der Waals surface area contributed by atoms with Crippen molar-refractivity contribution in [2.45, 2.75) is 32.9 Å². The van der Waals surface area contributed by atoms with E-state index in [-0.39, 0.29) is 6.04 Å². The average molecular weight is 310 g/mol. The van der Waals surface area contributed by atoms with Crippen LogP contribution in [0.3, 0.4) is 0 Å². The fourth-order valence-electron chi connectivity index (χ4n) is 3.58. The summed E-state index contributed by atoms with van der Waals surface area (Å²) in [5.74, 6) is 0.907. The Morgan fingerprint density at radius 3 is 3.00 bits per heavy atom. The van der Waals surface area contributed by atoms with E-state index in [4.69, 9.17) is 4.74 Å². The number of aromatic amines is 1. The molecule has 1 atom stereocenters. The molecule has 5 nitrogen and oxygen atoms in total. The number of hydrogen-bond acceptors (Lipinski definition) is 3. The molecule has 1 aliphatic heterocycles. The largest absolute Gasteiger partial charge is 0.497 e. The lowest BCUT2D eigenvalue weighted by molar-refractivity contribution is 0.415. The maximum Gasteiger partial charge on any atom is 0.119 e. The lowest BCUT2D eigenvalue weighted by atomic mass is 9.95. The van der Waals surface area contributed by atoms with Gasteiger partial charge in [-0.05, 0) is 44.0 Å². The Bertz CT molecular complexity index is 861. The molecule has 1 aromatic carbocycles. The fourth-order valence-corrected chi connectivity index (χ4v) is 3.58. The monoisotopic (exact) mass is 310 g/mol. The minimum atomic E-state index is 0.178. The zero-order chi connectivity index (χ0) is 16.0. The first-order chi connectivity index (χ1) is 11.2. The van der Waals surface area contributed by atoms with Crippen LogP contribution in [0.1, 0.15) is 35.5 Å². The van der Waals surface area contributed by atoms with Gasteiger partial charge >= 0.3 is 0 Å². The maximum absolute atomic E-state index is 5.39. The highest BCUT2D eigenvalue weighted by atomic mass is 16.5. The zero-order valence-electron chi connectivity index (χ0n) is 13.8. The molecule has 0 unspecified atom stereocenters. The van der Waals surface area contributed by atoms with Crippen molar-refractivity contribution in [1.82, 2.24) is 20.1 Å². The minimum Gasteiger partial charge on any atom is -0.497 e. The Balaban J connectivity index is 1.86. The standard InChI is InChI=1S/C18H22N4O/c1-4-22-10-15(11(2)21-22)17-18-13(7-8-19-17)14-9-12(23-3)5-6-16(14)20-18/h5-6,9-10,17,19-20H,4,7-8H2,1-3H3/t17-/m1/s1. The van der Waals surface area contributed by atoms with E-state index in [2.05, 4.69) is 47.6 Å². The normalized spacial score (nSPS) is 17.4. The molecule has 2 aromatic heterocycles. The van der Waals surface area contributed by atoms with Crippen molar-refractivity contribution < 1.29 is 4.74 Å². The summed E-state index contributed by atoms with van der Waals surface area (Å²) >= 11 is 0. The third-order valence-corrected chi connectivity index (χ3v) is 4.78. The molecule has 0 saturated heterocycles. The van der Waals surface area contributed by atoms with E-state index < -0.39 is 0 Å². The molecular formula is C18H22N4O. The van der Waals surface area contributed by atoms with Gasteiger partial charge in [0.15, 0.2) is 0 Å². The summed E-state index contributed by atoms with van der Waals surface area (Å²) in [6.45, 7) is 6.07. The lowest BCUT2D eigenvalue weighted by Gasteiger charge is -2.24. The van der Waals surface area contributed by atoms with E-state index in [0.717, 1.165) is 31.0 Å². The van der Waals surface area contributed by atoms with Gasteiger partial charge in [-0.2, -0.15) is 5.10 Å². The molecule has 1 aliphatic rings. The molecule has 3 heterocycles. The number of rotatable bonds is 3. The van der Waals surface area contributed by atoms with E-state index in [0.29, 0.717) is 0 Å². The second-order valence-corrected chi connectivity index (χ2v) is 6.09. The predicted molar refractivity (Wildman–Crippen MR) is 91.0 cm³/mol. The molecule has 0 fully saturated rings. The number of hydrogen-bond donors (Lipinski definition) is 2. The van der Waals surface area contributed by atoms with Crippen LogP contribution in [-0.2, 0) is 13.0 Å². The van der Waals surface area contributed by atoms with Crippen LogP contribution in [0.2, 0.25) is 0 Å². The number of fused-ring (bicyclic) bond motifs is 3. The van der Waals surface area contributed by atoms with Gasteiger partial charge in [-0.3, -0.25) is 4.68 Å². The summed E-state index contributed by atoms with van der Waals surface area (Å²) in [6, 6.07) is 6.42. The van der Waals surface area contributed by atoms with Gasteiger partial charge in [0.2, 0.25) is 0 Å². The van der Waals surface area contributed by atoms with Crippen LogP contribution < -0.4 is 10.1 Å². The minimum absolute atomic E-state index is 0.178. The summed E-state index contributed by atoms with van der Waals surface area (Å²) in [5, 5.41) is 9.51. The Morgan fingerprint density at radius 2 is 2.26 bits per heavy atom. The summed E-state index contributed by atoms with van der Waals surface area (Å²) in [6.07, 6.45) is 3.19. The van der Waals surface area contributed by atoms with Crippen LogP contribution in [0.25, 0.3) is 10.9 Å². The van der Waals surface area contributed by atoms with Gasteiger partial charge in [0.05, 0.1) is 18.8 Å². The highest BCUT2D eigenvalue weighted by molar-refractivity contribution is 5.86. The smallest absolute Gasteiger partial charge is 0.119 e. The van der Waals surface area contributed by atoms with Crippen molar-refractivity contribution in [3.63, 3.8) is 0 Å². The molecule has 0 amide bonds. The number of H-pyrrole nitrogens is 1. The van der Waals surface area contributed by atoms with Gasteiger partial charge in [-0.25, -0.2) is 0 Å². The number of aryl methyl sites for hydroxylation is 2. The fraction of sp³-hybridized carbons (Fsp3) is 0.389. The van der Waals surface area contributed by atoms with Crippen molar-refractivity contribution >= 4 is 10.9 Å². The molecule has 0 spiro atoms. The van der Waals surface area contributed by atoms with Gasteiger partial charge < -0.3 is 15.0 Å². The Kier molecular flexibility index (Phi) is 3.38. The second kappa shape index (κ2) is 5.42. The van der Waals surface area contributed by atoms with Crippen molar-refractivity contribution in [2.75, 3.05) is 13.7 Å². The number of methoxy groups -OCH3 is 1. The third-order valence-electron chi connectivity index (χ3n) is 4.78. The summed E-state index contributed by atoms with van der Waals surface area (Å²) < 4.78 is 7.39. The molecule has 5 heteroatoms. The predicted octanol–water partition coefficient (Wildman–Crippen LogP) is 2.94. The molecule has 0 aliphatic carbocycles. The molecule has 3 aromatic rings. The number of aromatic nitrogens is 3. The number of benzene rings is 1. The summed E-state index contributed by atoms with van der Waals surface area (Å²) in [4.78, 5) is 3.62. The highest BCUT2D eigenvalue weighted by Crippen LogP contribution is 2.35. The van der Waals surface area contributed by atoms with Crippen LogP contribution in [0.4, 0.5) is 0 Å². The Morgan fingerprint density at radius 1 is 1.39 bits per heavy atom. The Labute approximate surface area is 135 Å². The van der Waals surface area contributed by atoms with E-state index in [1.165, 1.54) is 27.7 Å². The Hall–Kier alpha value is -2.27. The van der Waals surface area contributed by atoms with E-state index in [9.17, 15) is 0 Å². The average Bonchev–Trinajstić information content (AvgIpc) is 3.14.